The first-order valence-electron chi connectivity index (χ1n) is 5.81. The number of carbonyl (C=O) groups excluding carboxylic acids is 1. The van der Waals surface area contributed by atoms with Crippen molar-refractivity contribution in [2.45, 2.75) is 20.3 Å². The van der Waals surface area contributed by atoms with Crippen LogP contribution in [0.3, 0.4) is 0 Å². The van der Waals surface area contributed by atoms with E-state index >= 15 is 0 Å². The van der Waals surface area contributed by atoms with E-state index in [4.69, 9.17) is 4.74 Å². The lowest BCUT2D eigenvalue weighted by Gasteiger charge is -2.19. The van der Waals surface area contributed by atoms with E-state index < -0.39 is 0 Å². The van der Waals surface area contributed by atoms with Crippen LogP contribution in [-0.4, -0.2) is 48.6 Å². The van der Waals surface area contributed by atoms with Crippen molar-refractivity contribution in [2.24, 2.45) is 0 Å². The third-order valence-electron chi connectivity index (χ3n) is 2.01. The first-order chi connectivity index (χ1) is 7.74. The number of ether oxygens (including phenoxy) is 1. The smallest absolute Gasteiger partial charge is 0.320 e. The summed E-state index contributed by atoms with van der Waals surface area (Å²) in [5.74, 6) is 2.15. The fourth-order valence-electron chi connectivity index (χ4n) is 1.34. The second-order valence-electron chi connectivity index (χ2n) is 3.38. The van der Waals surface area contributed by atoms with Gasteiger partial charge in [0, 0.05) is 6.54 Å². The number of carbonyl (C=O) groups is 1. The van der Waals surface area contributed by atoms with Gasteiger partial charge in [0.15, 0.2) is 0 Å². The molecule has 0 fully saturated rings. The van der Waals surface area contributed by atoms with Gasteiger partial charge in [-0.05, 0) is 31.4 Å². The molecule has 0 aliphatic heterocycles. The number of hydrogen-bond donors (Lipinski definition) is 0. The van der Waals surface area contributed by atoms with E-state index in [1.807, 2.05) is 24.8 Å². The molecule has 0 spiro atoms. The maximum Gasteiger partial charge on any atom is 0.320 e. The molecule has 0 unspecified atom stereocenters. The fourth-order valence-corrected chi connectivity index (χ4v) is 1.96. The molecule has 0 saturated heterocycles. The van der Waals surface area contributed by atoms with Gasteiger partial charge in [0.05, 0.1) is 13.2 Å². The van der Waals surface area contributed by atoms with Crippen LogP contribution in [0.1, 0.15) is 20.3 Å². The largest absolute Gasteiger partial charge is 0.465 e. The van der Waals surface area contributed by atoms with Crippen LogP contribution >= 0.6 is 11.8 Å². The third kappa shape index (κ3) is 8.80. The SMILES string of the molecule is C=CCN(CCCSCC)CC(=O)OCC. The van der Waals surface area contributed by atoms with Gasteiger partial charge in [0.2, 0.25) is 0 Å². The van der Waals surface area contributed by atoms with Gasteiger partial charge in [-0.15, -0.1) is 6.58 Å². The summed E-state index contributed by atoms with van der Waals surface area (Å²) in [4.78, 5) is 13.4. The van der Waals surface area contributed by atoms with Crippen molar-refractivity contribution in [3.05, 3.63) is 12.7 Å². The van der Waals surface area contributed by atoms with Crippen LogP contribution in [0.5, 0.6) is 0 Å². The highest BCUT2D eigenvalue weighted by atomic mass is 32.2. The van der Waals surface area contributed by atoms with Gasteiger partial charge in [-0.25, -0.2) is 0 Å². The van der Waals surface area contributed by atoms with E-state index in [1.54, 1.807) is 0 Å². The number of thioether (sulfide) groups is 1. The van der Waals surface area contributed by atoms with E-state index in [-0.39, 0.29) is 5.97 Å². The van der Waals surface area contributed by atoms with Gasteiger partial charge >= 0.3 is 5.97 Å². The Bertz CT molecular complexity index is 197. The molecule has 0 aromatic heterocycles. The van der Waals surface area contributed by atoms with Crippen molar-refractivity contribution in [1.82, 2.24) is 4.90 Å². The summed E-state index contributed by atoms with van der Waals surface area (Å²) < 4.78 is 4.93. The molecule has 0 radical (unpaired) electrons. The van der Waals surface area contributed by atoms with Gasteiger partial charge in [-0.2, -0.15) is 11.8 Å². The van der Waals surface area contributed by atoms with Crippen LogP contribution in [0, 0.1) is 0 Å². The van der Waals surface area contributed by atoms with Gasteiger partial charge in [-0.3, -0.25) is 9.69 Å². The molecule has 0 saturated carbocycles. The van der Waals surface area contributed by atoms with Crippen molar-refractivity contribution in [3.63, 3.8) is 0 Å². The summed E-state index contributed by atoms with van der Waals surface area (Å²) in [7, 11) is 0. The van der Waals surface area contributed by atoms with E-state index in [1.165, 1.54) is 0 Å². The monoisotopic (exact) mass is 245 g/mol. The molecule has 0 heterocycles. The highest BCUT2D eigenvalue weighted by Gasteiger charge is 2.09. The molecular weight excluding hydrogens is 222 g/mol. The van der Waals surface area contributed by atoms with Gasteiger partial charge in [0.1, 0.15) is 0 Å². The predicted molar refractivity (Wildman–Crippen MR) is 70.9 cm³/mol. The second kappa shape index (κ2) is 11.0. The molecule has 0 amide bonds. The summed E-state index contributed by atoms with van der Waals surface area (Å²) in [6.07, 6.45) is 2.93. The molecule has 4 heteroatoms. The Morgan fingerprint density at radius 1 is 1.50 bits per heavy atom. The maximum atomic E-state index is 11.3. The van der Waals surface area contributed by atoms with Crippen LogP contribution < -0.4 is 0 Å². The van der Waals surface area contributed by atoms with Crippen LogP contribution in [0.2, 0.25) is 0 Å². The van der Waals surface area contributed by atoms with E-state index in [0.717, 1.165) is 31.0 Å². The van der Waals surface area contributed by atoms with Crippen molar-refractivity contribution >= 4 is 17.7 Å². The Morgan fingerprint density at radius 2 is 2.25 bits per heavy atom. The lowest BCUT2D eigenvalue weighted by Crippen LogP contribution is -2.32. The van der Waals surface area contributed by atoms with E-state index in [0.29, 0.717) is 13.2 Å². The van der Waals surface area contributed by atoms with Crippen LogP contribution in [0.15, 0.2) is 12.7 Å². The molecule has 0 aromatic carbocycles. The predicted octanol–water partition coefficient (Wildman–Crippen LogP) is 2.18. The molecule has 0 atom stereocenters. The Morgan fingerprint density at radius 3 is 2.81 bits per heavy atom. The molecule has 3 nitrogen and oxygen atoms in total. The highest BCUT2D eigenvalue weighted by Crippen LogP contribution is 2.02. The van der Waals surface area contributed by atoms with Crippen LogP contribution in [0.4, 0.5) is 0 Å². The fraction of sp³-hybridized carbons (Fsp3) is 0.750. The Kier molecular flexibility index (Phi) is 10.7. The molecular formula is C12H23NO2S. The molecule has 94 valence electrons. The molecule has 0 bridgehead atoms. The van der Waals surface area contributed by atoms with Crippen molar-refractivity contribution in [2.75, 3.05) is 37.7 Å². The zero-order valence-corrected chi connectivity index (χ0v) is 11.2. The molecule has 0 aliphatic carbocycles. The summed E-state index contributed by atoms with van der Waals surface area (Å²) in [6, 6.07) is 0. The minimum Gasteiger partial charge on any atom is -0.465 e. The quantitative estimate of drug-likeness (QED) is 0.335. The average molecular weight is 245 g/mol. The highest BCUT2D eigenvalue weighted by molar-refractivity contribution is 7.99. The lowest BCUT2D eigenvalue weighted by atomic mass is 10.4. The summed E-state index contributed by atoms with van der Waals surface area (Å²) >= 11 is 1.93. The van der Waals surface area contributed by atoms with Crippen molar-refractivity contribution in [3.8, 4) is 0 Å². The molecule has 0 N–H and O–H groups in total. The Hall–Kier alpha value is -0.480. The van der Waals surface area contributed by atoms with Crippen LogP contribution in [-0.2, 0) is 9.53 Å². The lowest BCUT2D eigenvalue weighted by molar-refractivity contribution is -0.144. The summed E-state index contributed by atoms with van der Waals surface area (Å²) in [6.45, 7) is 10.2. The molecule has 0 aromatic rings. The number of hydrogen-bond acceptors (Lipinski definition) is 4. The first kappa shape index (κ1) is 15.5. The van der Waals surface area contributed by atoms with Gasteiger partial charge < -0.3 is 4.74 Å². The van der Waals surface area contributed by atoms with Gasteiger partial charge in [-0.1, -0.05) is 13.0 Å². The zero-order chi connectivity index (χ0) is 12.2. The van der Waals surface area contributed by atoms with Crippen molar-refractivity contribution < 1.29 is 9.53 Å². The minimum atomic E-state index is -0.146. The number of rotatable bonds is 10. The standard InChI is InChI=1S/C12H23NO2S/c1-4-8-13(9-7-10-16-6-3)11-12(14)15-5-2/h4H,1,5-11H2,2-3H3. The average Bonchev–Trinajstić information content (AvgIpc) is 2.25. The summed E-state index contributed by atoms with van der Waals surface area (Å²) in [5, 5.41) is 0. The zero-order valence-electron chi connectivity index (χ0n) is 10.4. The normalized spacial score (nSPS) is 10.4. The Balaban J connectivity index is 3.77. The van der Waals surface area contributed by atoms with E-state index in [2.05, 4.69) is 18.4 Å². The van der Waals surface area contributed by atoms with Gasteiger partial charge in [0.25, 0.3) is 0 Å². The van der Waals surface area contributed by atoms with E-state index in [9.17, 15) is 4.79 Å². The molecule has 0 aliphatic rings. The van der Waals surface area contributed by atoms with Crippen LogP contribution in [0.25, 0.3) is 0 Å². The van der Waals surface area contributed by atoms with Crippen molar-refractivity contribution in [1.29, 1.82) is 0 Å². The third-order valence-corrected chi connectivity index (χ3v) is 3.00. The second-order valence-corrected chi connectivity index (χ2v) is 4.77. The minimum absolute atomic E-state index is 0.146. The summed E-state index contributed by atoms with van der Waals surface area (Å²) in [5.41, 5.74) is 0. The Labute approximate surface area is 103 Å². The number of esters is 1. The number of nitrogens with zero attached hydrogens (tertiary/aromatic N) is 1. The first-order valence-corrected chi connectivity index (χ1v) is 6.96. The maximum absolute atomic E-state index is 11.3. The molecule has 0 rings (SSSR count). The molecule has 16 heavy (non-hydrogen) atoms. The topological polar surface area (TPSA) is 29.5 Å².